The number of carbonyl (C=O) groups is 1. The number of Topliss-reactive ketones (excluding diaryl/α,β-unsaturated/α-hetero) is 1. The van der Waals surface area contributed by atoms with Gasteiger partial charge < -0.3 is 5.11 Å². The van der Waals surface area contributed by atoms with Crippen LogP contribution in [0.2, 0.25) is 0 Å². The Hall–Kier alpha value is -2.69. The molecule has 5 rings (SSSR count). The lowest BCUT2D eigenvalue weighted by atomic mass is 9.84. The smallest absolute Gasteiger partial charge is 0.196 e. The Kier molecular flexibility index (Phi) is 3.02. The highest BCUT2D eigenvalue weighted by Crippen LogP contribution is 2.52. The average molecular weight is 331 g/mol. The Balaban J connectivity index is 1.80. The summed E-state index contributed by atoms with van der Waals surface area (Å²) in [5.41, 5.74) is 1.59. The van der Waals surface area contributed by atoms with Crippen molar-refractivity contribution in [3.05, 3.63) is 77.9 Å². The van der Waals surface area contributed by atoms with Crippen LogP contribution in [-0.4, -0.2) is 23.6 Å². The van der Waals surface area contributed by atoms with E-state index in [9.17, 15) is 9.90 Å². The quantitative estimate of drug-likeness (QED) is 0.781. The van der Waals surface area contributed by atoms with Crippen molar-refractivity contribution in [3.63, 3.8) is 0 Å². The highest BCUT2D eigenvalue weighted by atomic mass is 16.7. The predicted molar refractivity (Wildman–Crippen MR) is 95.5 cm³/mol. The van der Waals surface area contributed by atoms with Crippen molar-refractivity contribution in [2.45, 2.75) is 18.1 Å². The van der Waals surface area contributed by atoms with Gasteiger partial charge in [-0.15, -0.1) is 0 Å². The molecule has 1 saturated heterocycles. The number of para-hydroxylation sites is 1. The number of benzene rings is 3. The van der Waals surface area contributed by atoms with Gasteiger partial charge in [0.05, 0.1) is 12.3 Å². The summed E-state index contributed by atoms with van der Waals surface area (Å²) in [4.78, 5) is 19.6. The van der Waals surface area contributed by atoms with Crippen LogP contribution in [0, 0.1) is 0 Å². The zero-order valence-corrected chi connectivity index (χ0v) is 13.6. The topological polar surface area (TPSA) is 49.8 Å². The van der Waals surface area contributed by atoms with E-state index >= 15 is 0 Å². The van der Waals surface area contributed by atoms with Crippen LogP contribution in [0.15, 0.2) is 66.7 Å². The highest BCUT2D eigenvalue weighted by molar-refractivity contribution is 6.21. The van der Waals surface area contributed by atoms with Gasteiger partial charge in [-0.25, -0.2) is 5.06 Å². The van der Waals surface area contributed by atoms with Crippen molar-refractivity contribution in [2.24, 2.45) is 0 Å². The minimum atomic E-state index is -0.919. The normalized spacial score (nSPS) is 24.6. The van der Waals surface area contributed by atoms with Gasteiger partial charge in [-0.05, 0) is 28.5 Å². The first-order valence-electron chi connectivity index (χ1n) is 8.45. The first-order chi connectivity index (χ1) is 12.3. The van der Waals surface area contributed by atoms with E-state index in [1.165, 1.54) is 0 Å². The van der Waals surface area contributed by atoms with Crippen molar-refractivity contribution in [1.29, 1.82) is 0 Å². The fourth-order valence-electron chi connectivity index (χ4n) is 4.26. The summed E-state index contributed by atoms with van der Waals surface area (Å²) >= 11 is 0. The molecule has 1 aliphatic heterocycles. The summed E-state index contributed by atoms with van der Waals surface area (Å²) in [6, 6.07) is 21.5. The standard InChI is InChI=1S/C21H17NO3/c23-13-16-12-21(22(25-16)15-8-2-1-3-9-15)18-11-5-7-14-6-4-10-17(19(14)18)20(21)24/h1-11,16,23H,12-13H2/t16-,21-/m1/s1. The molecule has 0 unspecified atom stereocenters. The first-order valence-corrected chi connectivity index (χ1v) is 8.45. The monoisotopic (exact) mass is 331 g/mol. The predicted octanol–water partition coefficient (Wildman–Crippen LogP) is 3.43. The second-order valence-electron chi connectivity index (χ2n) is 6.64. The van der Waals surface area contributed by atoms with Gasteiger partial charge in [0.15, 0.2) is 11.3 Å². The molecule has 0 amide bonds. The van der Waals surface area contributed by atoms with Crippen LogP contribution in [-0.2, 0) is 10.4 Å². The number of anilines is 1. The number of aliphatic hydroxyl groups excluding tert-OH is 1. The molecule has 3 aromatic rings. The third kappa shape index (κ3) is 1.81. The number of hydroxylamine groups is 1. The molecule has 1 N–H and O–H groups in total. The van der Waals surface area contributed by atoms with Gasteiger partial charge in [-0.2, -0.15) is 0 Å². The molecule has 2 aliphatic rings. The number of ketones is 1. The average Bonchev–Trinajstić information content (AvgIpc) is 3.17. The molecule has 0 aromatic heterocycles. The molecule has 0 saturated carbocycles. The zero-order chi connectivity index (χ0) is 17.0. The van der Waals surface area contributed by atoms with Crippen LogP contribution in [0.1, 0.15) is 22.3 Å². The van der Waals surface area contributed by atoms with Gasteiger partial charge in [0.1, 0.15) is 6.10 Å². The second kappa shape index (κ2) is 5.15. The third-order valence-corrected chi connectivity index (χ3v) is 5.29. The number of hydrogen-bond donors (Lipinski definition) is 1. The summed E-state index contributed by atoms with van der Waals surface area (Å²) < 4.78 is 0. The molecule has 25 heavy (non-hydrogen) atoms. The van der Waals surface area contributed by atoms with Gasteiger partial charge in [0, 0.05) is 12.0 Å². The molecule has 0 radical (unpaired) electrons. The fourth-order valence-corrected chi connectivity index (χ4v) is 4.26. The van der Waals surface area contributed by atoms with E-state index in [1.54, 1.807) is 5.06 Å². The molecule has 1 heterocycles. The molecule has 2 atom stereocenters. The van der Waals surface area contributed by atoms with Crippen LogP contribution >= 0.6 is 0 Å². The Bertz CT molecular complexity index is 980. The number of nitrogens with zero attached hydrogens (tertiary/aromatic N) is 1. The number of fused-ring (bicyclic) bond motifs is 1. The molecule has 3 aromatic carbocycles. The maximum Gasteiger partial charge on any atom is 0.196 e. The van der Waals surface area contributed by atoms with E-state index in [1.807, 2.05) is 66.7 Å². The number of carbonyl (C=O) groups excluding carboxylic acids is 1. The molecule has 1 spiro atoms. The van der Waals surface area contributed by atoms with Crippen molar-refractivity contribution >= 4 is 22.2 Å². The molecule has 4 nitrogen and oxygen atoms in total. The maximum absolute atomic E-state index is 13.5. The summed E-state index contributed by atoms with van der Waals surface area (Å²) in [7, 11) is 0. The second-order valence-corrected chi connectivity index (χ2v) is 6.64. The third-order valence-electron chi connectivity index (χ3n) is 5.29. The molecular weight excluding hydrogens is 314 g/mol. The molecule has 4 heteroatoms. The van der Waals surface area contributed by atoms with E-state index in [2.05, 4.69) is 0 Å². The summed E-state index contributed by atoms with van der Waals surface area (Å²) in [6.45, 7) is -0.120. The summed E-state index contributed by atoms with van der Waals surface area (Å²) in [6.07, 6.45) is 0.0269. The van der Waals surface area contributed by atoms with Gasteiger partial charge in [-0.3, -0.25) is 9.63 Å². The van der Waals surface area contributed by atoms with Crippen LogP contribution < -0.4 is 5.06 Å². The molecular formula is C21H17NO3. The first kappa shape index (κ1) is 14.6. The summed E-state index contributed by atoms with van der Waals surface area (Å²) in [5.74, 6) is 0.0408. The minimum Gasteiger partial charge on any atom is -0.394 e. The van der Waals surface area contributed by atoms with Gasteiger partial charge in [0.2, 0.25) is 0 Å². The molecule has 1 aliphatic carbocycles. The van der Waals surface area contributed by atoms with Crippen molar-refractivity contribution in [1.82, 2.24) is 0 Å². The van der Waals surface area contributed by atoms with Crippen molar-refractivity contribution in [3.8, 4) is 0 Å². The van der Waals surface area contributed by atoms with E-state index in [-0.39, 0.29) is 12.4 Å². The minimum absolute atomic E-state index is 0.0408. The Morgan fingerprint density at radius 1 is 1.04 bits per heavy atom. The maximum atomic E-state index is 13.5. The number of aliphatic hydroxyl groups is 1. The molecule has 1 fully saturated rings. The molecule has 0 bridgehead atoms. The van der Waals surface area contributed by atoms with Gasteiger partial charge in [0.25, 0.3) is 0 Å². The van der Waals surface area contributed by atoms with Gasteiger partial charge >= 0.3 is 0 Å². The van der Waals surface area contributed by atoms with Crippen molar-refractivity contribution < 1.29 is 14.7 Å². The number of hydrogen-bond acceptors (Lipinski definition) is 4. The Labute approximate surface area is 145 Å². The SMILES string of the molecule is O=C1c2cccc3cccc(c23)[C@]12C[C@H](CO)ON2c1ccccc1. The van der Waals surface area contributed by atoms with Crippen LogP contribution in [0.5, 0.6) is 0 Å². The van der Waals surface area contributed by atoms with E-state index in [0.717, 1.165) is 27.6 Å². The summed E-state index contributed by atoms with van der Waals surface area (Å²) in [5, 5.41) is 13.5. The largest absolute Gasteiger partial charge is 0.394 e. The van der Waals surface area contributed by atoms with E-state index in [0.29, 0.717) is 6.42 Å². The lowest BCUT2D eigenvalue weighted by Crippen LogP contribution is -2.45. The lowest BCUT2D eigenvalue weighted by Gasteiger charge is -2.33. The fraction of sp³-hybridized carbons (Fsp3) is 0.190. The Morgan fingerprint density at radius 2 is 1.80 bits per heavy atom. The molecule has 124 valence electrons. The highest BCUT2D eigenvalue weighted by Gasteiger charge is 2.58. The number of rotatable bonds is 2. The van der Waals surface area contributed by atoms with Crippen LogP contribution in [0.4, 0.5) is 5.69 Å². The van der Waals surface area contributed by atoms with E-state index in [4.69, 9.17) is 4.84 Å². The Morgan fingerprint density at radius 3 is 2.56 bits per heavy atom. The van der Waals surface area contributed by atoms with E-state index < -0.39 is 11.6 Å². The van der Waals surface area contributed by atoms with Crippen molar-refractivity contribution in [2.75, 3.05) is 11.7 Å². The van der Waals surface area contributed by atoms with Crippen LogP contribution in [0.25, 0.3) is 10.8 Å². The van der Waals surface area contributed by atoms with Gasteiger partial charge in [-0.1, -0.05) is 54.6 Å². The van der Waals surface area contributed by atoms with Crippen LogP contribution in [0.3, 0.4) is 0 Å². The lowest BCUT2D eigenvalue weighted by molar-refractivity contribution is 0.0360. The zero-order valence-electron chi connectivity index (χ0n) is 13.6.